The smallest absolute Gasteiger partial charge is 0.144 e. The van der Waals surface area contributed by atoms with Crippen LogP contribution in [0.1, 0.15) is 59.8 Å². The topological polar surface area (TPSA) is 34.1 Å². The first kappa shape index (κ1) is 19.1. The van der Waals surface area contributed by atoms with Gasteiger partial charge in [-0.05, 0) is 35.1 Å². The van der Waals surface area contributed by atoms with Gasteiger partial charge in [0.1, 0.15) is 11.6 Å². The van der Waals surface area contributed by atoms with Crippen molar-refractivity contribution in [2.45, 2.75) is 37.5 Å². The van der Waals surface area contributed by atoms with Crippen LogP contribution in [-0.4, -0.2) is 23.3 Å². The molecule has 2 nitrogen and oxygen atoms in total. The van der Waals surface area contributed by atoms with Crippen molar-refractivity contribution < 1.29 is 9.59 Å². The zero-order valence-electron chi connectivity index (χ0n) is 14.6. The molecule has 0 N–H and O–H groups in total. The molecule has 0 spiro atoms. The van der Waals surface area contributed by atoms with E-state index in [4.69, 9.17) is 23.2 Å². The molecule has 2 aromatic rings. The highest BCUT2D eigenvalue weighted by Crippen LogP contribution is 2.45. The van der Waals surface area contributed by atoms with E-state index in [2.05, 4.69) is 0 Å². The molecule has 0 saturated heterocycles. The lowest BCUT2D eigenvalue weighted by atomic mass is 9.69. The average Bonchev–Trinajstić information content (AvgIpc) is 2.68. The number of fused-ring (bicyclic) bond motifs is 2. The van der Waals surface area contributed by atoms with Gasteiger partial charge in [-0.25, -0.2) is 0 Å². The lowest BCUT2D eigenvalue weighted by Crippen LogP contribution is -2.27. The van der Waals surface area contributed by atoms with Gasteiger partial charge in [0.15, 0.2) is 0 Å². The second-order valence-corrected chi connectivity index (χ2v) is 7.40. The Hall–Kier alpha value is -1.64. The summed E-state index contributed by atoms with van der Waals surface area (Å²) in [6.45, 7) is 0. The zero-order valence-corrected chi connectivity index (χ0v) is 16.1. The first-order chi connectivity index (χ1) is 12.7. The number of hydrogen-bond donors (Lipinski definition) is 0. The summed E-state index contributed by atoms with van der Waals surface area (Å²) in [7, 11) is 0. The highest BCUT2D eigenvalue weighted by atomic mass is 35.5. The zero-order chi connectivity index (χ0) is 18.5. The fourth-order valence-electron chi connectivity index (χ4n) is 3.87. The number of ketones is 2. The van der Waals surface area contributed by atoms with E-state index in [1.807, 2.05) is 48.5 Å². The van der Waals surface area contributed by atoms with Crippen LogP contribution in [0.15, 0.2) is 48.5 Å². The Morgan fingerprint density at radius 3 is 1.23 bits per heavy atom. The Morgan fingerprint density at radius 2 is 0.962 bits per heavy atom. The van der Waals surface area contributed by atoms with Crippen LogP contribution in [-0.2, 0) is 9.59 Å². The van der Waals surface area contributed by atoms with Crippen LogP contribution in [0.4, 0.5) is 0 Å². The van der Waals surface area contributed by atoms with Crippen molar-refractivity contribution in [3.05, 3.63) is 70.8 Å². The van der Waals surface area contributed by atoms with Crippen molar-refractivity contribution in [1.82, 2.24) is 0 Å². The molecular formula is C22H22Cl2O2. The van der Waals surface area contributed by atoms with E-state index in [9.17, 15) is 9.59 Å². The molecule has 0 bridgehead atoms. The molecule has 1 aliphatic carbocycles. The van der Waals surface area contributed by atoms with Crippen LogP contribution in [0.25, 0.3) is 0 Å². The fourth-order valence-corrected chi connectivity index (χ4v) is 4.14. The van der Waals surface area contributed by atoms with Crippen molar-refractivity contribution in [1.29, 1.82) is 0 Å². The van der Waals surface area contributed by atoms with Crippen molar-refractivity contribution in [2.24, 2.45) is 0 Å². The second-order valence-electron chi connectivity index (χ2n) is 6.64. The maximum atomic E-state index is 13.0. The molecule has 0 amide bonds. The van der Waals surface area contributed by atoms with Crippen LogP contribution in [0.3, 0.4) is 0 Å². The molecule has 0 unspecified atom stereocenters. The maximum absolute atomic E-state index is 13.0. The van der Waals surface area contributed by atoms with Crippen molar-refractivity contribution >= 4 is 34.8 Å². The maximum Gasteiger partial charge on any atom is 0.144 e. The third kappa shape index (κ3) is 3.72. The number of benzene rings is 2. The molecule has 2 aromatic carbocycles. The fraction of sp³-hybridized carbons (Fsp3) is 0.364. The summed E-state index contributed by atoms with van der Waals surface area (Å²) in [6.07, 6.45) is 2.22. The minimum Gasteiger partial charge on any atom is -0.299 e. The molecule has 136 valence electrons. The summed E-state index contributed by atoms with van der Waals surface area (Å²) in [4.78, 5) is 25.9. The van der Waals surface area contributed by atoms with Crippen LogP contribution >= 0.6 is 23.2 Å². The number of rotatable bonds is 8. The van der Waals surface area contributed by atoms with Crippen LogP contribution in [0.2, 0.25) is 0 Å². The molecule has 0 fully saturated rings. The SMILES string of the molecule is O=C(CCCCl)C1c2ccccc2C(C(=O)CCCCl)c2ccccc21. The normalized spacial score (nSPS) is 18.1. The molecule has 26 heavy (non-hydrogen) atoms. The monoisotopic (exact) mass is 388 g/mol. The molecule has 0 atom stereocenters. The molecule has 1 aliphatic rings. The van der Waals surface area contributed by atoms with Crippen molar-refractivity contribution in [3.8, 4) is 0 Å². The van der Waals surface area contributed by atoms with Gasteiger partial charge in [0.2, 0.25) is 0 Å². The third-order valence-corrected chi connectivity index (χ3v) is 5.53. The largest absolute Gasteiger partial charge is 0.299 e. The van der Waals surface area contributed by atoms with E-state index in [1.165, 1.54) is 0 Å². The summed E-state index contributed by atoms with van der Waals surface area (Å²) >= 11 is 11.6. The van der Waals surface area contributed by atoms with Gasteiger partial charge < -0.3 is 0 Å². The Bertz CT molecular complexity index is 687. The Labute approximate surface area is 164 Å². The first-order valence-corrected chi connectivity index (χ1v) is 10.1. The number of carbonyl (C=O) groups is 2. The first-order valence-electron chi connectivity index (χ1n) is 9.04. The summed E-state index contributed by atoms with van der Waals surface area (Å²) in [5.74, 6) is 0.641. The van der Waals surface area contributed by atoms with E-state index in [-0.39, 0.29) is 23.4 Å². The van der Waals surface area contributed by atoms with E-state index >= 15 is 0 Å². The number of alkyl halides is 2. The van der Waals surface area contributed by atoms with Gasteiger partial charge in [0.05, 0.1) is 11.8 Å². The van der Waals surface area contributed by atoms with E-state index in [1.54, 1.807) is 0 Å². The van der Waals surface area contributed by atoms with Crippen LogP contribution < -0.4 is 0 Å². The summed E-state index contributed by atoms with van der Waals surface area (Å²) in [5, 5.41) is 0. The molecule has 0 aromatic heterocycles. The number of Topliss-reactive ketones (excluding diaryl/α,β-unsaturated/α-hetero) is 2. The standard InChI is InChI=1S/C22H22Cl2O2/c23-13-5-11-19(25)21-15-7-1-2-8-16(15)22(20(26)12-6-14-24)18-10-4-3-9-17(18)21/h1-4,7-10,21-22H,5-6,11-14H2. The van der Waals surface area contributed by atoms with Gasteiger partial charge in [-0.3, -0.25) is 9.59 Å². The third-order valence-electron chi connectivity index (χ3n) is 4.99. The van der Waals surface area contributed by atoms with Gasteiger partial charge in [-0.1, -0.05) is 48.5 Å². The number of halogens is 2. The molecule has 0 saturated carbocycles. The summed E-state index contributed by atoms with van der Waals surface area (Å²) in [5.41, 5.74) is 3.81. The Morgan fingerprint density at radius 1 is 0.654 bits per heavy atom. The quantitative estimate of drug-likeness (QED) is 0.564. The minimum atomic E-state index is -0.317. The molecule has 0 aliphatic heterocycles. The van der Waals surface area contributed by atoms with Crippen molar-refractivity contribution in [3.63, 3.8) is 0 Å². The summed E-state index contributed by atoms with van der Waals surface area (Å²) < 4.78 is 0. The molecule has 3 rings (SSSR count). The predicted molar refractivity (Wildman–Crippen MR) is 106 cm³/mol. The van der Waals surface area contributed by atoms with Gasteiger partial charge in [0, 0.05) is 24.6 Å². The minimum absolute atomic E-state index is 0.164. The predicted octanol–water partition coefficient (Wildman–Crippen LogP) is 5.44. The lowest BCUT2D eigenvalue weighted by molar-refractivity contribution is -0.121. The van der Waals surface area contributed by atoms with E-state index in [0.29, 0.717) is 37.4 Å². The lowest BCUT2D eigenvalue weighted by Gasteiger charge is -2.33. The van der Waals surface area contributed by atoms with Crippen LogP contribution in [0.5, 0.6) is 0 Å². The highest BCUT2D eigenvalue weighted by Gasteiger charge is 2.37. The highest BCUT2D eigenvalue weighted by molar-refractivity contribution is 6.18. The Kier molecular flexibility index (Phi) is 6.50. The van der Waals surface area contributed by atoms with Gasteiger partial charge >= 0.3 is 0 Å². The molecule has 4 heteroatoms. The number of carbonyl (C=O) groups excluding carboxylic acids is 2. The van der Waals surface area contributed by atoms with Gasteiger partial charge in [0.25, 0.3) is 0 Å². The molecule has 0 radical (unpaired) electrons. The van der Waals surface area contributed by atoms with Crippen molar-refractivity contribution in [2.75, 3.05) is 11.8 Å². The average molecular weight is 389 g/mol. The number of hydrogen-bond acceptors (Lipinski definition) is 2. The summed E-state index contributed by atoms with van der Waals surface area (Å²) in [6, 6.07) is 15.7. The van der Waals surface area contributed by atoms with E-state index < -0.39 is 0 Å². The van der Waals surface area contributed by atoms with Crippen LogP contribution in [0, 0.1) is 0 Å². The second kappa shape index (κ2) is 8.83. The van der Waals surface area contributed by atoms with Gasteiger partial charge in [-0.15, -0.1) is 23.2 Å². The molecule has 0 heterocycles. The molecular weight excluding hydrogens is 367 g/mol. The van der Waals surface area contributed by atoms with Gasteiger partial charge in [-0.2, -0.15) is 0 Å². The van der Waals surface area contributed by atoms with E-state index in [0.717, 1.165) is 22.3 Å². The Balaban J connectivity index is 2.09.